The molecule has 40 heavy (non-hydrogen) atoms. The lowest BCUT2D eigenvalue weighted by molar-refractivity contribution is -0.136. The number of anilines is 1. The summed E-state index contributed by atoms with van der Waals surface area (Å²) in [6, 6.07) is 3.96. The molecular weight excluding hydrogens is 518 g/mol. The summed E-state index contributed by atoms with van der Waals surface area (Å²) in [6.45, 7) is 12.6. The van der Waals surface area contributed by atoms with Gasteiger partial charge in [-0.2, -0.15) is 0 Å². The Morgan fingerprint density at radius 2 is 1.68 bits per heavy atom. The van der Waals surface area contributed by atoms with Crippen molar-refractivity contribution in [3.8, 4) is 0 Å². The normalized spacial score (nSPS) is 13.5. The van der Waals surface area contributed by atoms with Gasteiger partial charge in [0.15, 0.2) is 6.29 Å². The summed E-state index contributed by atoms with van der Waals surface area (Å²) >= 11 is 0. The van der Waals surface area contributed by atoms with Crippen LogP contribution in [-0.2, 0) is 14.4 Å². The minimum atomic E-state index is -0.777. The zero-order valence-electron chi connectivity index (χ0n) is 25.4. The molecule has 0 aliphatic carbocycles. The van der Waals surface area contributed by atoms with Crippen LogP contribution in [0.25, 0.3) is 0 Å². The molecule has 230 valence electrons. The van der Waals surface area contributed by atoms with Crippen molar-refractivity contribution in [2.24, 2.45) is 11.8 Å². The van der Waals surface area contributed by atoms with Gasteiger partial charge in [0.25, 0.3) is 5.91 Å². The zero-order valence-corrected chi connectivity index (χ0v) is 25.4. The molecule has 3 amide bonds. The number of likely N-dealkylation sites (N-methyl/N-ethyl adjacent to an activating group) is 1. The van der Waals surface area contributed by atoms with E-state index in [1.54, 1.807) is 12.1 Å². The number of benzene rings is 1. The summed E-state index contributed by atoms with van der Waals surface area (Å²) in [5.41, 5.74) is 0.716. The van der Waals surface area contributed by atoms with E-state index in [0.717, 1.165) is 19.8 Å². The highest BCUT2D eigenvalue weighted by molar-refractivity contribution is 6.08. The number of carbonyl (C=O) groups excluding carboxylic acids is 5. The van der Waals surface area contributed by atoms with Crippen molar-refractivity contribution < 1.29 is 39.3 Å². The second kappa shape index (κ2) is 26.1. The van der Waals surface area contributed by atoms with Gasteiger partial charge in [-0.1, -0.05) is 53.7 Å². The lowest BCUT2D eigenvalue weighted by Gasteiger charge is -2.30. The molecule has 2 rings (SSSR count). The number of rotatable bonds is 10. The summed E-state index contributed by atoms with van der Waals surface area (Å²) in [5, 5.41) is 29.3. The fourth-order valence-corrected chi connectivity index (χ4v) is 3.07. The number of nitrogens with zero attached hydrogens (tertiary/aromatic N) is 1. The van der Waals surface area contributed by atoms with E-state index in [0.29, 0.717) is 36.8 Å². The number of aldehydes is 2. The Morgan fingerprint density at radius 3 is 2.05 bits per heavy atom. The molecule has 11 nitrogen and oxygen atoms in total. The Hall–Kier alpha value is -3.15. The first-order valence-corrected chi connectivity index (χ1v) is 13.6. The number of aliphatic hydroxyl groups is 3. The zero-order chi connectivity index (χ0) is 31.7. The van der Waals surface area contributed by atoms with Crippen LogP contribution < -0.4 is 10.6 Å². The smallest absolute Gasteiger partial charge is 0.257 e. The molecule has 1 heterocycles. The maximum atomic E-state index is 12.8. The van der Waals surface area contributed by atoms with Crippen LogP contribution in [0.4, 0.5) is 5.69 Å². The maximum Gasteiger partial charge on any atom is 0.257 e. The van der Waals surface area contributed by atoms with Gasteiger partial charge in [-0.05, 0) is 30.7 Å². The monoisotopic (exact) mass is 569 g/mol. The second-order valence-corrected chi connectivity index (χ2v) is 9.12. The van der Waals surface area contributed by atoms with Crippen LogP contribution >= 0.6 is 0 Å². The summed E-state index contributed by atoms with van der Waals surface area (Å²) in [7, 11) is 2.46. The van der Waals surface area contributed by atoms with Crippen LogP contribution in [-0.4, -0.2) is 90.5 Å². The predicted octanol–water partition coefficient (Wildman–Crippen LogP) is 2.67. The second-order valence-electron chi connectivity index (χ2n) is 9.12. The lowest BCUT2D eigenvalue weighted by Crippen LogP contribution is -2.53. The Balaban J connectivity index is -0.000000706. The fourth-order valence-electron chi connectivity index (χ4n) is 3.07. The first-order valence-electron chi connectivity index (χ1n) is 13.6. The van der Waals surface area contributed by atoms with E-state index in [2.05, 4.69) is 24.5 Å². The minimum absolute atomic E-state index is 0.133. The predicted molar refractivity (Wildman–Crippen MR) is 157 cm³/mol. The molecule has 1 aromatic carbocycles. The quantitative estimate of drug-likeness (QED) is 0.210. The van der Waals surface area contributed by atoms with E-state index >= 15 is 0 Å². The van der Waals surface area contributed by atoms with E-state index in [1.807, 2.05) is 27.7 Å². The number of nitrogens with one attached hydrogen (secondary N) is 2. The Kier molecular flexibility index (Phi) is 27.0. The van der Waals surface area contributed by atoms with Gasteiger partial charge in [0.1, 0.15) is 12.3 Å². The number of aliphatic hydroxyl groups excluding tert-OH is 3. The first-order chi connectivity index (χ1) is 19.0. The number of amides is 3. The van der Waals surface area contributed by atoms with Crippen molar-refractivity contribution in [1.29, 1.82) is 0 Å². The van der Waals surface area contributed by atoms with Gasteiger partial charge in [-0.3, -0.25) is 24.5 Å². The molecule has 1 aromatic rings. The number of carbonyl (C=O) groups is 5. The molecule has 0 spiro atoms. The van der Waals surface area contributed by atoms with Gasteiger partial charge in [0.2, 0.25) is 11.8 Å². The van der Waals surface area contributed by atoms with Crippen molar-refractivity contribution in [2.75, 3.05) is 39.2 Å². The summed E-state index contributed by atoms with van der Waals surface area (Å²) in [6.07, 6.45) is 3.52. The first kappa shape index (κ1) is 41.3. The van der Waals surface area contributed by atoms with Crippen LogP contribution in [0, 0.1) is 11.8 Å². The molecular formula is C29H51N3O8. The van der Waals surface area contributed by atoms with E-state index in [1.165, 1.54) is 18.0 Å². The van der Waals surface area contributed by atoms with E-state index in [4.69, 9.17) is 15.3 Å². The molecule has 0 aromatic heterocycles. The third-order valence-corrected chi connectivity index (χ3v) is 5.14. The average Bonchev–Trinajstić information content (AvgIpc) is 2.93. The standard InChI is InChI=1S/C16H19N3O5.C5H12O.C5H10O.C2H6.CH4O/c1-19(12-5-6-13(22)18-15(12)23)16(24)14-10(9-21)3-2-4-11(14)17-7-8-20;2*1-5(2)3-4-6;2*1-2/h2-4,9,12,17,20H,5-8H2,1H3,(H,18,22,23);5-6H,3-4H2,1-2H3;4-5H,3H2,1-2H3;1-2H3;2H,1H3. The van der Waals surface area contributed by atoms with Crippen LogP contribution in [0.5, 0.6) is 0 Å². The highest BCUT2D eigenvalue weighted by Crippen LogP contribution is 2.23. The number of hydrogen-bond donors (Lipinski definition) is 5. The third kappa shape index (κ3) is 17.4. The van der Waals surface area contributed by atoms with Crippen LogP contribution in [0.15, 0.2) is 18.2 Å². The molecule has 1 saturated heterocycles. The summed E-state index contributed by atoms with van der Waals surface area (Å²) < 4.78 is 0. The maximum absolute atomic E-state index is 12.8. The largest absolute Gasteiger partial charge is 0.400 e. The number of piperidine rings is 1. The highest BCUT2D eigenvalue weighted by atomic mass is 16.3. The van der Waals surface area contributed by atoms with Crippen LogP contribution in [0.1, 0.15) is 87.9 Å². The van der Waals surface area contributed by atoms with Crippen molar-refractivity contribution in [1.82, 2.24) is 10.2 Å². The summed E-state index contributed by atoms with van der Waals surface area (Å²) in [4.78, 5) is 58.2. The number of hydrogen-bond acceptors (Lipinski definition) is 9. The van der Waals surface area contributed by atoms with E-state index in [-0.39, 0.29) is 43.0 Å². The lowest BCUT2D eigenvalue weighted by atomic mass is 10.0. The Morgan fingerprint density at radius 1 is 1.07 bits per heavy atom. The van der Waals surface area contributed by atoms with Crippen molar-refractivity contribution >= 4 is 36.0 Å². The van der Waals surface area contributed by atoms with Crippen LogP contribution in [0.2, 0.25) is 0 Å². The number of imide groups is 1. The van der Waals surface area contributed by atoms with Crippen LogP contribution in [0.3, 0.4) is 0 Å². The van der Waals surface area contributed by atoms with Gasteiger partial charge in [0, 0.05) is 51.4 Å². The van der Waals surface area contributed by atoms with Gasteiger partial charge in [0.05, 0.1) is 12.2 Å². The third-order valence-electron chi connectivity index (χ3n) is 5.14. The van der Waals surface area contributed by atoms with Gasteiger partial charge >= 0.3 is 0 Å². The minimum Gasteiger partial charge on any atom is -0.400 e. The van der Waals surface area contributed by atoms with Crippen molar-refractivity contribution in [3.05, 3.63) is 29.3 Å². The molecule has 0 saturated carbocycles. The van der Waals surface area contributed by atoms with Crippen molar-refractivity contribution in [2.45, 2.75) is 73.3 Å². The topological polar surface area (TPSA) is 173 Å². The average molecular weight is 570 g/mol. The molecule has 1 atom stereocenters. The SMILES string of the molecule is CC.CC(C)CC=O.CC(C)CCO.CN(C(=O)c1c(C=O)cccc1NCCO)C1CCC(=O)NC1=O.CO. The van der Waals surface area contributed by atoms with Gasteiger partial charge < -0.3 is 30.3 Å². The molecule has 11 heteroatoms. The van der Waals surface area contributed by atoms with Crippen molar-refractivity contribution in [3.63, 3.8) is 0 Å². The molecule has 0 radical (unpaired) electrons. The van der Waals surface area contributed by atoms with Gasteiger partial charge in [-0.15, -0.1) is 0 Å². The van der Waals surface area contributed by atoms with E-state index in [9.17, 15) is 24.0 Å². The fraction of sp³-hybridized carbons (Fsp3) is 0.621. The molecule has 0 bridgehead atoms. The molecule has 1 aliphatic rings. The molecule has 5 N–H and O–H groups in total. The van der Waals surface area contributed by atoms with E-state index < -0.39 is 17.9 Å². The Labute approximate surface area is 239 Å². The molecule has 1 unspecified atom stereocenters. The van der Waals surface area contributed by atoms with Gasteiger partial charge in [-0.25, -0.2) is 0 Å². The highest BCUT2D eigenvalue weighted by Gasteiger charge is 2.34. The molecule has 1 fully saturated rings. The summed E-state index contributed by atoms with van der Waals surface area (Å²) in [5.74, 6) is -0.226. The Bertz CT molecular complexity index is 860. The molecule has 1 aliphatic heterocycles.